The van der Waals surface area contributed by atoms with E-state index in [9.17, 15) is 13.9 Å². The van der Waals surface area contributed by atoms with Crippen LogP contribution in [0.5, 0.6) is 17.6 Å². The molecule has 0 bridgehead atoms. The highest BCUT2D eigenvalue weighted by atomic mass is 79.9. The third kappa shape index (κ3) is 6.58. The normalized spacial score (nSPS) is 13.9. The summed E-state index contributed by atoms with van der Waals surface area (Å²) in [5, 5.41) is 13.5. The monoisotopic (exact) mass is 633 g/mol. The number of alkyl halides is 2. The van der Waals surface area contributed by atoms with Gasteiger partial charge in [0.15, 0.2) is 0 Å². The van der Waals surface area contributed by atoms with Crippen molar-refractivity contribution >= 4 is 26.8 Å². The standard InChI is InChI=1S/C30H31BrF3N3O4/c1-17-7-6-8-21(27(17)32)26(22-14-18-13-20(31)9-10-23(18)35-28(22)40-5)30(38,11-12-37(2)3)19-15-24(39-4)36-25(16-19)41-29(33)34/h6-10,13-16,26,29,38H,11-12H2,1-5H3. The Hall–Kier alpha value is -3.41. The van der Waals surface area contributed by atoms with Crippen LogP contribution >= 0.6 is 15.9 Å². The lowest BCUT2D eigenvalue weighted by Crippen LogP contribution is -2.38. The predicted molar refractivity (Wildman–Crippen MR) is 153 cm³/mol. The number of ether oxygens (including phenoxy) is 3. The van der Waals surface area contributed by atoms with Crippen LogP contribution in [-0.4, -0.2) is 61.4 Å². The van der Waals surface area contributed by atoms with Crippen LogP contribution < -0.4 is 14.2 Å². The number of nitrogens with zero attached hydrogens (tertiary/aromatic N) is 3. The number of pyridine rings is 2. The molecule has 11 heteroatoms. The van der Waals surface area contributed by atoms with Gasteiger partial charge in [0, 0.05) is 34.1 Å². The second-order valence-electron chi connectivity index (χ2n) is 9.93. The molecule has 1 N–H and O–H groups in total. The molecule has 2 aromatic heterocycles. The van der Waals surface area contributed by atoms with Gasteiger partial charge in [-0.2, -0.15) is 13.8 Å². The Morgan fingerprint density at radius 2 is 1.71 bits per heavy atom. The largest absolute Gasteiger partial charge is 0.481 e. The summed E-state index contributed by atoms with van der Waals surface area (Å²) in [4.78, 5) is 10.5. The van der Waals surface area contributed by atoms with Crippen LogP contribution in [0, 0.1) is 12.7 Å². The summed E-state index contributed by atoms with van der Waals surface area (Å²) in [7, 11) is 6.43. The highest BCUT2D eigenvalue weighted by molar-refractivity contribution is 9.10. The lowest BCUT2D eigenvalue weighted by atomic mass is 9.71. The Balaban J connectivity index is 2.10. The molecule has 4 rings (SSSR count). The Labute approximate surface area is 245 Å². The number of fused-ring (bicyclic) bond motifs is 1. The molecule has 218 valence electrons. The van der Waals surface area contributed by atoms with Crippen molar-refractivity contribution in [3.05, 3.63) is 87.1 Å². The molecule has 41 heavy (non-hydrogen) atoms. The third-order valence-electron chi connectivity index (χ3n) is 6.92. The molecule has 0 saturated heterocycles. The van der Waals surface area contributed by atoms with Gasteiger partial charge in [-0.15, -0.1) is 0 Å². The smallest absolute Gasteiger partial charge is 0.388 e. The Bertz CT molecular complexity index is 1540. The molecule has 2 unspecified atom stereocenters. The van der Waals surface area contributed by atoms with E-state index in [4.69, 9.17) is 9.47 Å². The minimum atomic E-state index is -3.16. The van der Waals surface area contributed by atoms with Crippen molar-refractivity contribution in [2.24, 2.45) is 0 Å². The molecule has 0 aliphatic rings. The first kappa shape index (κ1) is 30.5. The van der Waals surface area contributed by atoms with Gasteiger partial charge in [0.1, 0.15) is 11.4 Å². The van der Waals surface area contributed by atoms with Crippen molar-refractivity contribution in [1.82, 2.24) is 14.9 Å². The minimum Gasteiger partial charge on any atom is -0.481 e. The van der Waals surface area contributed by atoms with Crippen LogP contribution in [-0.2, 0) is 5.60 Å². The van der Waals surface area contributed by atoms with Crippen LogP contribution in [0.3, 0.4) is 0 Å². The van der Waals surface area contributed by atoms with Gasteiger partial charge in [-0.05, 0) is 68.4 Å². The maximum atomic E-state index is 16.0. The molecule has 2 atom stereocenters. The first-order valence-corrected chi connectivity index (χ1v) is 13.5. The highest BCUT2D eigenvalue weighted by Gasteiger charge is 2.44. The summed E-state index contributed by atoms with van der Waals surface area (Å²) in [5.41, 5.74) is -0.198. The first-order valence-electron chi connectivity index (χ1n) is 12.7. The molecule has 4 aromatic rings. The zero-order valence-corrected chi connectivity index (χ0v) is 24.9. The van der Waals surface area contributed by atoms with E-state index in [1.807, 2.05) is 37.2 Å². The summed E-state index contributed by atoms with van der Waals surface area (Å²) >= 11 is 3.49. The average Bonchev–Trinajstić information content (AvgIpc) is 2.93. The van der Waals surface area contributed by atoms with E-state index in [2.05, 4.69) is 30.6 Å². The Morgan fingerprint density at radius 3 is 2.37 bits per heavy atom. The molecule has 0 fully saturated rings. The number of aliphatic hydroxyl groups is 1. The summed E-state index contributed by atoms with van der Waals surface area (Å²) < 4.78 is 58.9. The van der Waals surface area contributed by atoms with Crippen LogP contribution in [0.2, 0.25) is 0 Å². The fourth-order valence-electron chi connectivity index (χ4n) is 4.93. The zero-order valence-electron chi connectivity index (χ0n) is 23.3. The van der Waals surface area contributed by atoms with E-state index in [0.29, 0.717) is 23.2 Å². The van der Waals surface area contributed by atoms with E-state index in [-0.39, 0.29) is 29.3 Å². The number of halogens is 4. The summed E-state index contributed by atoms with van der Waals surface area (Å²) in [6.45, 7) is -1.18. The van der Waals surface area contributed by atoms with Crippen molar-refractivity contribution in [2.45, 2.75) is 31.5 Å². The van der Waals surface area contributed by atoms with Crippen LogP contribution in [0.1, 0.15) is 34.6 Å². The molecule has 0 aliphatic carbocycles. The Kier molecular flexibility index (Phi) is 9.41. The van der Waals surface area contributed by atoms with Gasteiger partial charge >= 0.3 is 6.61 Å². The van der Waals surface area contributed by atoms with Crippen LogP contribution in [0.15, 0.2) is 59.1 Å². The fraction of sp³-hybridized carbons (Fsp3) is 0.333. The van der Waals surface area contributed by atoms with E-state index < -0.39 is 29.8 Å². The van der Waals surface area contributed by atoms with Gasteiger partial charge in [0.05, 0.1) is 25.7 Å². The first-order chi connectivity index (χ1) is 19.5. The lowest BCUT2D eigenvalue weighted by molar-refractivity contribution is -0.0538. The molecule has 0 amide bonds. The summed E-state index contributed by atoms with van der Waals surface area (Å²) in [6, 6.07) is 14.9. The van der Waals surface area contributed by atoms with Crippen LogP contribution in [0.4, 0.5) is 13.2 Å². The molecule has 2 aromatic carbocycles. The van der Waals surface area contributed by atoms with Crippen LogP contribution in [0.25, 0.3) is 10.9 Å². The zero-order chi connectivity index (χ0) is 29.9. The minimum absolute atomic E-state index is 0.0546. The topological polar surface area (TPSA) is 76.9 Å². The van der Waals surface area contributed by atoms with Crippen molar-refractivity contribution in [2.75, 3.05) is 34.9 Å². The lowest BCUT2D eigenvalue weighted by Gasteiger charge is -2.39. The molecular weight excluding hydrogens is 603 g/mol. The van der Waals surface area contributed by atoms with Gasteiger partial charge in [-0.3, -0.25) is 0 Å². The number of rotatable bonds is 11. The van der Waals surface area contributed by atoms with Crippen molar-refractivity contribution in [3.63, 3.8) is 0 Å². The predicted octanol–water partition coefficient (Wildman–Crippen LogP) is 6.43. The molecule has 0 spiro atoms. The quantitative estimate of drug-likeness (QED) is 0.204. The van der Waals surface area contributed by atoms with Gasteiger partial charge in [-0.1, -0.05) is 34.1 Å². The fourth-order valence-corrected chi connectivity index (χ4v) is 5.31. The summed E-state index contributed by atoms with van der Waals surface area (Å²) in [6.07, 6.45) is 0.0546. The average molecular weight is 634 g/mol. The number of methoxy groups -OCH3 is 2. The second kappa shape index (κ2) is 12.6. The van der Waals surface area contributed by atoms with Gasteiger partial charge in [0.25, 0.3) is 0 Å². The van der Waals surface area contributed by atoms with E-state index in [0.717, 1.165) is 9.86 Å². The molecule has 0 radical (unpaired) electrons. The number of aryl methyl sites for hydroxylation is 1. The number of hydrogen-bond acceptors (Lipinski definition) is 7. The molecule has 0 aliphatic heterocycles. The highest BCUT2D eigenvalue weighted by Crippen LogP contribution is 2.49. The summed E-state index contributed by atoms with van der Waals surface area (Å²) in [5.74, 6) is -1.97. The van der Waals surface area contributed by atoms with Gasteiger partial charge in [-0.25, -0.2) is 9.37 Å². The molecule has 7 nitrogen and oxygen atoms in total. The van der Waals surface area contributed by atoms with E-state index >= 15 is 4.39 Å². The maximum Gasteiger partial charge on any atom is 0.388 e. The number of aromatic nitrogens is 2. The number of hydrogen-bond donors (Lipinski definition) is 1. The number of benzene rings is 2. The molecule has 2 heterocycles. The van der Waals surface area contributed by atoms with E-state index in [1.165, 1.54) is 26.4 Å². The van der Waals surface area contributed by atoms with Crippen molar-refractivity contribution in [3.8, 4) is 17.6 Å². The second-order valence-corrected chi connectivity index (χ2v) is 10.8. The maximum absolute atomic E-state index is 16.0. The van der Waals surface area contributed by atoms with Gasteiger partial charge < -0.3 is 24.2 Å². The molecule has 0 saturated carbocycles. The Morgan fingerprint density at radius 1 is 0.976 bits per heavy atom. The van der Waals surface area contributed by atoms with E-state index in [1.54, 1.807) is 31.2 Å². The van der Waals surface area contributed by atoms with Gasteiger partial charge in [0.2, 0.25) is 17.6 Å². The van der Waals surface area contributed by atoms with Crippen molar-refractivity contribution < 1.29 is 32.5 Å². The molecular formula is C30H31BrF3N3O4. The SMILES string of the molecule is COc1cc(C(O)(CCN(C)C)C(c2cc3cc(Br)ccc3nc2OC)c2cccc(C)c2F)cc(OC(F)F)n1. The van der Waals surface area contributed by atoms with Crippen molar-refractivity contribution in [1.29, 1.82) is 0 Å². The third-order valence-corrected chi connectivity index (χ3v) is 7.41.